The van der Waals surface area contributed by atoms with Crippen LogP contribution in [0.15, 0.2) is 103 Å². The number of urea groups is 1. The van der Waals surface area contributed by atoms with Gasteiger partial charge in [0, 0.05) is 18.8 Å². The molecule has 4 aromatic carbocycles. The summed E-state index contributed by atoms with van der Waals surface area (Å²) in [6, 6.07) is 32.0. The molecular formula is C40H45N5O5. The summed E-state index contributed by atoms with van der Waals surface area (Å²) < 4.78 is 5.32. The molecule has 0 radical (unpaired) electrons. The lowest BCUT2D eigenvalue weighted by Crippen LogP contribution is -2.59. The fourth-order valence-electron chi connectivity index (χ4n) is 5.83. The number of rotatable bonds is 12. The Balaban J connectivity index is 1.27. The van der Waals surface area contributed by atoms with Gasteiger partial charge in [-0.15, -0.1) is 0 Å². The quantitative estimate of drug-likeness (QED) is 0.142. The highest BCUT2D eigenvalue weighted by molar-refractivity contribution is 6.01. The van der Waals surface area contributed by atoms with Crippen molar-refractivity contribution >= 4 is 29.6 Å². The van der Waals surface area contributed by atoms with Gasteiger partial charge in [0.15, 0.2) is 0 Å². The van der Waals surface area contributed by atoms with Gasteiger partial charge in [0.2, 0.25) is 11.8 Å². The minimum atomic E-state index is -1.33. The smallest absolute Gasteiger partial charge is 0.408 e. The minimum Gasteiger partial charge on any atom is -0.445 e. The van der Waals surface area contributed by atoms with Crippen LogP contribution in [0.3, 0.4) is 0 Å². The fourth-order valence-corrected chi connectivity index (χ4v) is 5.83. The highest BCUT2D eigenvalue weighted by Crippen LogP contribution is 2.30. The van der Waals surface area contributed by atoms with E-state index in [4.69, 9.17) is 4.74 Å². The van der Waals surface area contributed by atoms with Crippen molar-refractivity contribution in [3.05, 3.63) is 125 Å². The maximum Gasteiger partial charge on any atom is 0.408 e. The first-order valence-corrected chi connectivity index (χ1v) is 17.0. The van der Waals surface area contributed by atoms with Gasteiger partial charge in [-0.05, 0) is 72.6 Å². The molecule has 1 aliphatic rings. The molecule has 0 bridgehead atoms. The summed E-state index contributed by atoms with van der Waals surface area (Å²) in [5.41, 5.74) is 5.22. The van der Waals surface area contributed by atoms with Crippen molar-refractivity contribution in [3.63, 3.8) is 0 Å². The SMILES string of the molecule is CCCNC(=O)NCc1ccccc1-c1ccc(CN2C(=O)[C@H](NC(=O)C(C)(C)NC(=O)OCc3ccccc3)CCc3ccccc32)cc1. The van der Waals surface area contributed by atoms with Crippen molar-refractivity contribution in [3.8, 4) is 11.1 Å². The van der Waals surface area contributed by atoms with Crippen molar-refractivity contribution in [1.82, 2.24) is 21.3 Å². The molecule has 10 nitrogen and oxygen atoms in total. The van der Waals surface area contributed by atoms with Crippen LogP contribution < -0.4 is 26.2 Å². The number of aryl methyl sites for hydroxylation is 1. The molecule has 1 atom stereocenters. The number of ether oxygens (including phenoxy) is 1. The van der Waals surface area contributed by atoms with Gasteiger partial charge in [-0.1, -0.05) is 104 Å². The number of para-hydroxylation sites is 1. The number of nitrogens with one attached hydrogen (secondary N) is 4. The molecule has 1 heterocycles. The van der Waals surface area contributed by atoms with E-state index in [9.17, 15) is 19.2 Å². The number of carbonyl (C=O) groups excluding carboxylic acids is 4. The molecule has 0 unspecified atom stereocenters. The molecule has 1 aliphatic heterocycles. The van der Waals surface area contributed by atoms with Gasteiger partial charge < -0.3 is 30.9 Å². The van der Waals surface area contributed by atoms with Gasteiger partial charge in [0.05, 0.1) is 6.54 Å². The van der Waals surface area contributed by atoms with Crippen LogP contribution >= 0.6 is 0 Å². The van der Waals surface area contributed by atoms with Crippen molar-refractivity contribution in [1.29, 1.82) is 0 Å². The third-order valence-corrected chi connectivity index (χ3v) is 8.65. The summed E-state index contributed by atoms with van der Waals surface area (Å²) in [5.74, 6) is -0.716. The highest BCUT2D eigenvalue weighted by atomic mass is 16.5. The summed E-state index contributed by atoms with van der Waals surface area (Å²) in [6.07, 6.45) is 1.14. The van der Waals surface area contributed by atoms with Gasteiger partial charge in [-0.25, -0.2) is 9.59 Å². The number of alkyl carbamates (subject to hydrolysis) is 1. The Morgan fingerprint density at radius 3 is 2.30 bits per heavy atom. The molecule has 5 rings (SSSR count). The topological polar surface area (TPSA) is 129 Å². The zero-order valence-corrected chi connectivity index (χ0v) is 28.8. The van der Waals surface area contributed by atoms with Gasteiger partial charge in [0.25, 0.3) is 0 Å². The van der Waals surface area contributed by atoms with E-state index in [-0.39, 0.29) is 18.5 Å². The Hall–Kier alpha value is -5.64. The van der Waals surface area contributed by atoms with Crippen LogP contribution in [0.5, 0.6) is 0 Å². The van der Waals surface area contributed by atoms with Crippen LogP contribution in [0.4, 0.5) is 15.3 Å². The second-order valence-electron chi connectivity index (χ2n) is 12.9. The normalized spacial score (nSPS) is 14.2. The van der Waals surface area contributed by atoms with Crippen molar-refractivity contribution in [2.75, 3.05) is 11.4 Å². The average molecular weight is 676 g/mol. The van der Waals surface area contributed by atoms with Crippen molar-refractivity contribution in [2.24, 2.45) is 0 Å². The third kappa shape index (κ3) is 9.28. The molecule has 0 fully saturated rings. The van der Waals surface area contributed by atoms with Crippen LogP contribution in [0.2, 0.25) is 0 Å². The molecule has 4 N–H and O–H groups in total. The third-order valence-electron chi connectivity index (χ3n) is 8.65. The van der Waals surface area contributed by atoms with Crippen LogP contribution in [-0.4, -0.2) is 42.1 Å². The molecule has 5 amide bonds. The van der Waals surface area contributed by atoms with E-state index >= 15 is 0 Å². The predicted octanol–water partition coefficient (Wildman–Crippen LogP) is 6.23. The van der Waals surface area contributed by atoms with Crippen LogP contribution in [0.1, 0.15) is 55.9 Å². The number of carbonyl (C=O) groups is 4. The maximum atomic E-state index is 14.1. The number of hydrogen-bond acceptors (Lipinski definition) is 5. The average Bonchev–Trinajstić information content (AvgIpc) is 3.25. The second-order valence-corrected chi connectivity index (χ2v) is 12.9. The van der Waals surface area contributed by atoms with E-state index in [0.29, 0.717) is 32.5 Å². The highest BCUT2D eigenvalue weighted by Gasteiger charge is 2.36. The number of anilines is 1. The fraction of sp³-hybridized carbons (Fsp3) is 0.300. The van der Waals surface area contributed by atoms with Gasteiger partial charge in [-0.3, -0.25) is 9.59 Å². The van der Waals surface area contributed by atoms with Crippen molar-refractivity contribution in [2.45, 2.75) is 71.3 Å². The standard InChI is InChI=1S/C40H45N5O5/c1-4-24-41-38(48)42-25-32-15-8-10-16-33(32)30-20-18-28(19-21-30)26-45-35-17-11-9-14-31(35)22-23-34(36(45)46)43-37(47)40(2,3)44-39(49)50-27-29-12-6-5-7-13-29/h5-21,34H,4,22-27H2,1-3H3,(H,43,47)(H,44,49)(H2,41,42,48)/t34-/m1/s1. The Bertz CT molecular complexity index is 1790. The Morgan fingerprint density at radius 1 is 0.840 bits per heavy atom. The molecule has 260 valence electrons. The molecule has 0 saturated heterocycles. The summed E-state index contributed by atoms with van der Waals surface area (Å²) in [5, 5.41) is 11.3. The zero-order valence-electron chi connectivity index (χ0n) is 28.8. The van der Waals surface area contributed by atoms with Gasteiger partial charge >= 0.3 is 12.1 Å². The molecule has 0 aliphatic carbocycles. The Labute approximate surface area is 293 Å². The Morgan fingerprint density at radius 2 is 1.54 bits per heavy atom. The molecule has 50 heavy (non-hydrogen) atoms. The van der Waals surface area contributed by atoms with Crippen LogP contribution in [0, 0.1) is 0 Å². The molecule has 4 aromatic rings. The van der Waals surface area contributed by atoms with E-state index < -0.39 is 23.6 Å². The van der Waals surface area contributed by atoms with Crippen LogP contribution in [-0.2, 0) is 40.4 Å². The van der Waals surface area contributed by atoms with Gasteiger partial charge in [-0.2, -0.15) is 0 Å². The Kier molecular flexibility index (Phi) is 11.9. The predicted molar refractivity (Wildman–Crippen MR) is 194 cm³/mol. The first-order valence-electron chi connectivity index (χ1n) is 17.0. The van der Waals surface area contributed by atoms with E-state index in [1.165, 1.54) is 0 Å². The lowest BCUT2D eigenvalue weighted by atomic mass is 9.98. The molecular weight excluding hydrogens is 630 g/mol. The number of amides is 5. The molecule has 0 aromatic heterocycles. The maximum absolute atomic E-state index is 14.1. The zero-order chi connectivity index (χ0) is 35.5. The summed E-state index contributed by atoms with van der Waals surface area (Å²) in [6.45, 7) is 6.55. The number of fused-ring (bicyclic) bond motifs is 1. The minimum absolute atomic E-state index is 0.0707. The molecule has 0 saturated carbocycles. The monoisotopic (exact) mass is 675 g/mol. The lowest BCUT2D eigenvalue weighted by Gasteiger charge is -2.30. The summed E-state index contributed by atoms with van der Waals surface area (Å²) in [7, 11) is 0. The number of nitrogens with zero attached hydrogens (tertiary/aromatic N) is 1. The van der Waals surface area contributed by atoms with E-state index in [1.54, 1.807) is 18.7 Å². The molecule has 0 spiro atoms. The lowest BCUT2D eigenvalue weighted by molar-refractivity contribution is -0.131. The van der Waals surface area contributed by atoms with Crippen molar-refractivity contribution < 1.29 is 23.9 Å². The van der Waals surface area contributed by atoms with E-state index in [1.807, 2.05) is 110 Å². The van der Waals surface area contributed by atoms with E-state index in [0.717, 1.165) is 45.5 Å². The number of hydrogen-bond donors (Lipinski definition) is 4. The molecule has 10 heteroatoms. The van der Waals surface area contributed by atoms with Gasteiger partial charge in [0.1, 0.15) is 18.2 Å². The largest absolute Gasteiger partial charge is 0.445 e. The first-order chi connectivity index (χ1) is 24.1. The van der Waals surface area contributed by atoms with Crippen LogP contribution in [0.25, 0.3) is 11.1 Å². The second kappa shape index (κ2) is 16.6. The van der Waals surface area contributed by atoms with E-state index in [2.05, 4.69) is 21.3 Å². The summed E-state index contributed by atoms with van der Waals surface area (Å²) >= 11 is 0. The summed E-state index contributed by atoms with van der Waals surface area (Å²) in [4.78, 5) is 54.1. The first kappa shape index (κ1) is 35.7. The number of benzene rings is 4.